The summed E-state index contributed by atoms with van der Waals surface area (Å²) >= 11 is 0. The first-order valence-electron chi connectivity index (χ1n) is 7.22. The van der Waals surface area contributed by atoms with Crippen LogP contribution < -0.4 is 0 Å². The van der Waals surface area contributed by atoms with Crippen molar-refractivity contribution < 1.29 is 37.4 Å². The first-order chi connectivity index (χ1) is 12.1. The Bertz CT molecular complexity index is 839. The fraction of sp³-hybridized carbons (Fsp3) is 0.250. The summed E-state index contributed by atoms with van der Waals surface area (Å²) in [6, 6.07) is 1.97. The number of nitrogens with zero attached hydrogens (tertiary/aromatic N) is 2. The van der Waals surface area contributed by atoms with Gasteiger partial charge in [-0.3, -0.25) is 4.79 Å². The van der Waals surface area contributed by atoms with Crippen LogP contribution in [0.3, 0.4) is 0 Å². The number of aliphatic hydroxyl groups is 1. The Morgan fingerprint density at radius 1 is 1.23 bits per heavy atom. The zero-order chi connectivity index (χ0) is 19.6. The van der Waals surface area contributed by atoms with Crippen LogP contribution >= 0.6 is 0 Å². The lowest BCUT2D eigenvalue weighted by Crippen LogP contribution is -2.16. The first-order valence-corrected chi connectivity index (χ1v) is 7.22. The molecule has 2 N–H and O–H groups in total. The van der Waals surface area contributed by atoms with Crippen molar-refractivity contribution in [1.82, 2.24) is 0 Å². The maximum Gasteiger partial charge on any atom is 0.451 e. The number of azo groups is 1. The minimum Gasteiger partial charge on any atom is -0.502 e. The molecular weight excluding hydrogens is 360 g/mol. The summed E-state index contributed by atoms with van der Waals surface area (Å²) in [6.07, 6.45) is -2.88. The van der Waals surface area contributed by atoms with E-state index in [0.29, 0.717) is 5.56 Å². The Labute approximate surface area is 144 Å². The third-order valence-corrected chi connectivity index (χ3v) is 3.54. The van der Waals surface area contributed by atoms with E-state index in [-0.39, 0.29) is 11.5 Å². The molecule has 2 rings (SSSR count). The van der Waals surface area contributed by atoms with Crippen LogP contribution in [0.15, 0.2) is 46.5 Å². The van der Waals surface area contributed by atoms with E-state index in [1.165, 1.54) is 0 Å². The second-order valence-electron chi connectivity index (χ2n) is 5.43. The van der Waals surface area contributed by atoms with Gasteiger partial charge in [-0.1, -0.05) is 6.58 Å². The standard InChI is InChI=1S/C16H12F4N2O4/c1-2-12(23)9-6-11(10(17)5-8(9)7-3-4-7)21-22-13(15(25)26)14(24)16(18,19)20/h2,5-7,24H,1,3-4H2,(H,25,26). The van der Waals surface area contributed by atoms with Crippen LogP contribution in [0, 0.1) is 5.82 Å². The van der Waals surface area contributed by atoms with Crippen molar-refractivity contribution in [2.75, 3.05) is 0 Å². The summed E-state index contributed by atoms with van der Waals surface area (Å²) in [5, 5.41) is 23.6. The number of aliphatic hydroxyl groups excluding tert-OH is 1. The molecule has 0 saturated heterocycles. The Morgan fingerprint density at radius 2 is 1.85 bits per heavy atom. The Morgan fingerprint density at radius 3 is 2.31 bits per heavy atom. The average molecular weight is 372 g/mol. The van der Waals surface area contributed by atoms with Crippen LogP contribution in [0.4, 0.5) is 23.2 Å². The second-order valence-corrected chi connectivity index (χ2v) is 5.43. The highest BCUT2D eigenvalue weighted by Gasteiger charge is 2.39. The van der Waals surface area contributed by atoms with Gasteiger partial charge in [-0.25, -0.2) is 9.18 Å². The molecule has 0 radical (unpaired) electrons. The van der Waals surface area contributed by atoms with Crippen LogP contribution in [0.25, 0.3) is 0 Å². The smallest absolute Gasteiger partial charge is 0.451 e. The third kappa shape index (κ3) is 4.13. The maximum atomic E-state index is 14.1. The van der Waals surface area contributed by atoms with E-state index in [2.05, 4.69) is 16.8 Å². The highest BCUT2D eigenvalue weighted by atomic mass is 19.4. The van der Waals surface area contributed by atoms with Gasteiger partial charge in [-0.2, -0.15) is 13.2 Å². The van der Waals surface area contributed by atoms with Gasteiger partial charge >= 0.3 is 12.1 Å². The molecule has 1 aliphatic carbocycles. The van der Waals surface area contributed by atoms with Crippen molar-refractivity contribution in [3.8, 4) is 0 Å². The molecule has 1 aromatic rings. The number of carboxylic acid groups (broad SMARTS) is 1. The molecule has 1 aromatic carbocycles. The molecule has 1 fully saturated rings. The number of ketones is 1. The molecular formula is C16H12F4N2O4. The second kappa shape index (κ2) is 7.06. The van der Waals surface area contributed by atoms with Crippen molar-refractivity contribution in [3.05, 3.63) is 53.2 Å². The molecule has 26 heavy (non-hydrogen) atoms. The van der Waals surface area contributed by atoms with E-state index in [4.69, 9.17) is 10.2 Å². The summed E-state index contributed by atoms with van der Waals surface area (Å²) in [5.74, 6) is -6.24. The number of carboxylic acids is 1. The number of hydrogen-bond acceptors (Lipinski definition) is 5. The van der Waals surface area contributed by atoms with Crippen LogP contribution in [-0.2, 0) is 4.79 Å². The molecule has 10 heteroatoms. The van der Waals surface area contributed by atoms with Crippen molar-refractivity contribution in [2.24, 2.45) is 10.2 Å². The molecule has 6 nitrogen and oxygen atoms in total. The summed E-state index contributed by atoms with van der Waals surface area (Å²) in [5.41, 5.74) is -1.98. The molecule has 1 saturated carbocycles. The van der Waals surface area contributed by atoms with Gasteiger partial charge in [0, 0.05) is 5.56 Å². The number of hydrogen-bond donors (Lipinski definition) is 2. The predicted octanol–water partition coefficient (Wildman–Crippen LogP) is 4.57. The van der Waals surface area contributed by atoms with E-state index in [1.54, 1.807) is 0 Å². The van der Waals surface area contributed by atoms with E-state index < -0.39 is 40.9 Å². The molecule has 0 amide bonds. The number of carbonyl (C=O) groups excluding carboxylic acids is 1. The zero-order valence-corrected chi connectivity index (χ0v) is 13.0. The van der Waals surface area contributed by atoms with Crippen LogP contribution in [0.5, 0.6) is 0 Å². The largest absolute Gasteiger partial charge is 0.502 e. The van der Waals surface area contributed by atoms with Crippen molar-refractivity contribution in [3.63, 3.8) is 0 Å². The number of allylic oxidation sites excluding steroid dienone is 2. The Kier molecular flexibility index (Phi) is 5.24. The van der Waals surface area contributed by atoms with Gasteiger partial charge in [-0.05, 0) is 42.5 Å². The van der Waals surface area contributed by atoms with Crippen LogP contribution in [-0.4, -0.2) is 28.1 Å². The van der Waals surface area contributed by atoms with Gasteiger partial charge in [0.25, 0.3) is 0 Å². The number of alkyl halides is 3. The summed E-state index contributed by atoms with van der Waals surface area (Å²) in [4.78, 5) is 22.7. The van der Waals surface area contributed by atoms with Crippen LogP contribution in [0.1, 0.15) is 34.7 Å². The minimum absolute atomic E-state index is 0.0156. The monoisotopic (exact) mass is 372 g/mol. The van der Waals surface area contributed by atoms with Crippen molar-refractivity contribution in [2.45, 2.75) is 24.9 Å². The predicted molar refractivity (Wildman–Crippen MR) is 80.8 cm³/mol. The SMILES string of the molecule is C=CC(=O)c1cc(N=NC(C(=O)O)=C(O)C(F)(F)F)c(F)cc1C1CC1. The van der Waals surface area contributed by atoms with E-state index in [0.717, 1.165) is 31.1 Å². The number of aliphatic carboxylic acids is 1. The summed E-state index contributed by atoms with van der Waals surface area (Å²) in [6.45, 7) is 3.32. The van der Waals surface area contributed by atoms with Crippen molar-refractivity contribution >= 4 is 17.4 Å². The van der Waals surface area contributed by atoms with Gasteiger partial charge in [0.05, 0.1) is 0 Å². The van der Waals surface area contributed by atoms with Gasteiger partial charge in [0.1, 0.15) is 5.69 Å². The first kappa shape index (κ1) is 19.3. The topological polar surface area (TPSA) is 99.3 Å². The molecule has 0 spiro atoms. The highest BCUT2D eigenvalue weighted by molar-refractivity contribution is 6.06. The number of rotatable bonds is 6. The van der Waals surface area contributed by atoms with Gasteiger partial charge in [0.2, 0.25) is 11.5 Å². The average Bonchev–Trinajstić information content (AvgIpc) is 3.38. The van der Waals surface area contributed by atoms with E-state index in [9.17, 15) is 27.2 Å². The fourth-order valence-corrected chi connectivity index (χ4v) is 2.14. The van der Waals surface area contributed by atoms with Gasteiger partial charge in [-0.15, -0.1) is 10.2 Å². The fourth-order valence-electron chi connectivity index (χ4n) is 2.14. The van der Waals surface area contributed by atoms with Gasteiger partial charge < -0.3 is 10.2 Å². The molecule has 0 unspecified atom stereocenters. The molecule has 0 bridgehead atoms. The number of halogens is 4. The summed E-state index contributed by atoms with van der Waals surface area (Å²) < 4.78 is 51.4. The van der Waals surface area contributed by atoms with E-state index >= 15 is 0 Å². The Hall–Kier alpha value is -3.04. The molecule has 0 atom stereocenters. The molecule has 0 aromatic heterocycles. The molecule has 0 heterocycles. The van der Waals surface area contributed by atoms with E-state index in [1.807, 2.05) is 0 Å². The maximum absolute atomic E-state index is 14.1. The number of benzene rings is 1. The minimum atomic E-state index is -5.37. The molecule has 138 valence electrons. The van der Waals surface area contributed by atoms with Crippen LogP contribution in [0.2, 0.25) is 0 Å². The quantitative estimate of drug-likeness (QED) is 0.251. The molecule has 1 aliphatic rings. The Balaban J connectivity index is 2.51. The zero-order valence-electron chi connectivity index (χ0n) is 13.0. The normalized spacial score (nSPS) is 15.7. The number of carbonyl (C=O) groups is 2. The summed E-state index contributed by atoms with van der Waals surface area (Å²) in [7, 11) is 0. The third-order valence-electron chi connectivity index (χ3n) is 3.54. The lowest BCUT2D eigenvalue weighted by atomic mass is 9.98. The lowest BCUT2D eigenvalue weighted by molar-refractivity contribution is -0.138. The molecule has 0 aliphatic heterocycles. The van der Waals surface area contributed by atoms with Crippen molar-refractivity contribution in [1.29, 1.82) is 0 Å². The lowest BCUT2D eigenvalue weighted by Gasteiger charge is -2.08. The highest BCUT2D eigenvalue weighted by Crippen LogP contribution is 2.43. The van der Waals surface area contributed by atoms with Gasteiger partial charge in [0.15, 0.2) is 11.6 Å².